The van der Waals surface area contributed by atoms with Crippen LogP contribution in [0.1, 0.15) is 18.9 Å². The van der Waals surface area contributed by atoms with E-state index in [1.807, 2.05) is 0 Å². The molecule has 0 aliphatic rings. The first-order valence-corrected chi connectivity index (χ1v) is 12.4. The van der Waals surface area contributed by atoms with Crippen LogP contribution in [0.3, 0.4) is 0 Å². The first kappa shape index (κ1) is 21.2. The maximum Gasteiger partial charge on any atom is 0.0467 e. The predicted molar refractivity (Wildman–Crippen MR) is 144 cm³/mol. The molecule has 1 nitrogen and oxygen atoms in total. The average Bonchev–Trinajstić information content (AvgIpc) is 3.42. The van der Waals surface area contributed by atoms with Gasteiger partial charge in [0.15, 0.2) is 0 Å². The molecule has 0 saturated carbocycles. The highest BCUT2D eigenvalue weighted by molar-refractivity contribution is 7.13. The normalized spacial score (nSPS) is 10.8. The van der Waals surface area contributed by atoms with Crippen LogP contribution >= 0.6 is 11.3 Å². The quantitative estimate of drug-likeness (QED) is 0.241. The lowest BCUT2D eigenvalue weighted by Crippen LogP contribution is -2.10. The zero-order valence-electron chi connectivity index (χ0n) is 18.8. The lowest BCUT2D eigenvalue weighted by atomic mass is 10.0. The van der Waals surface area contributed by atoms with E-state index in [1.165, 1.54) is 32.8 Å². The summed E-state index contributed by atoms with van der Waals surface area (Å²) in [5, 5.41) is 2.13. The van der Waals surface area contributed by atoms with Crippen molar-refractivity contribution in [1.29, 1.82) is 0 Å². The molecule has 0 radical (unpaired) electrons. The fourth-order valence-electron chi connectivity index (χ4n) is 4.22. The van der Waals surface area contributed by atoms with Gasteiger partial charge in [0.25, 0.3) is 0 Å². The maximum absolute atomic E-state index is 2.35. The Morgan fingerprint density at radius 2 is 1.27 bits per heavy atom. The highest BCUT2D eigenvalue weighted by atomic mass is 32.1. The molecule has 1 heterocycles. The molecule has 1 aromatic heterocycles. The minimum atomic E-state index is 1.11. The van der Waals surface area contributed by atoms with Gasteiger partial charge in [0.2, 0.25) is 0 Å². The summed E-state index contributed by atoms with van der Waals surface area (Å²) in [5.41, 5.74) is 8.56. The van der Waals surface area contributed by atoms with Crippen molar-refractivity contribution in [3.05, 3.63) is 126 Å². The average molecular weight is 446 g/mol. The summed E-state index contributed by atoms with van der Waals surface area (Å²) in [4.78, 5) is 3.64. The highest BCUT2D eigenvalue weighted by Gasteiger charge is 2.14. The van der Waals surface area contributed by atoms with Crippen molar-refractivity contribution in [2.45, 2.75) is 19.8 Å². The molecule has 5 rings (SSSR count). The number of aryl methyl sites for hydroxylation is 1. The third-order valence-corrected chi connectivity index (χ3v) is 6.79. The molecule has 0 bridgehead atoms. The van der Waals surface area contributed by atoms with Crippen molar-refractivity contribution >= 4 is 28.4 Å². The van der Waals surface area contributed by atoms with E-state index < -0.39 is 0 Å². The van der Waals surface area contributed by atoms with Gasteiger partial charge in [-0.1, -0.05) is 86.1 Å². The number of hydrogen-bond acceptors (Lipinski definition) is 2. The molecule has 0 unspecified atom stereocenters. The Labute approximate surface area is 200 Å². The zero-order chi connectivity index (χ0) is 22.5. The van der Waals surface area contributed by atoms with Crippen LogP contribution in [-0.2, 0) is 6.42 Å². The number of rotatable bonds is 7. The maximum atomic E-state index is 2.35. The summed E-state index contributed by atoms with van der Waals surface area (Å²) < 4.78 is 0. The van der Waals surface area contributed by atoms with Crippen molar-refractivity contribution in [3.8, 4) is 21.6 Å². The lowest BCUT2D eigenvalue weighted by Gasteiger charge is -2.26. The van der Waals surface area contributed by atoms with Gasteiger partial charge in [0.1, 0.15) is 0 Å². The van der Waals surface area contributed by atoms with E-state index in [0.717, 1.165) is 24.2 Å². The number of benzene rings is 4. The number of thiophene rings is 1. The van der Waals surface area contributed by atoms with Gasteiger partial charge in [-0.3, -0.25) is 0 Å². The topological polar surface area (TPSA) is 3.24 Å². The molecule has 4 aromatic carbocycles. The Morgan fingerprint density at radius 1 is 0.576 bits per heavy atom. The minimum absolute atomic E-state index is 1.11. The van der Waals surface area contributed by atoms with Crippen molar-refractivity contribution in [1.82, 2.24) is 0 Å². The fourth-order valence-corrected chi connectivity index (χ4v) is 4.95. The predicted octanol–water partition coefficient (Wildman–Crippen LogP) is 9.50. The van der Waals surface area contributed by atoms with E-state index in [-0.39, 0.29) is 0 Å². The number of anilines is 3. The van der Waals surface area contributed by atoms with Crippen LogP contribution in [0.2, 0.25) is 0 Å². The fraction of sp³-hybridized carbons (Fsp3) is 0.0968. The summed E-state index contributed by atoms with van der Waals surface area (Å²) in [6.07, 6.45) is 2.27. The second-order valence-corrected chi connectivity index (χ2v) is 9.14. The lowest BCUT2D eigenvalue weighted by molar-refractivity contribution is 0.922. The molecule has 0 aliphatic carbocycles. The first-order chi connectivity index (χ1) is 16.3. The molecule has 0 amide bonds. The Hall–Kier alpha value is -3.62. The molecule has 0 aliphatic heterocycles. The van der Waals surface area contributed by atoms with Gasteiger partial charge in [-0.05, 0) is 76.5 Å². The Kier molecular flexibility index (Phi) is 6.37. The molecular formula is C31H27NS. The standard InChI is InChI=1S/C31H27NS/c1-2-8-24-14-18-28(19-15-24)32(29-20-16-26(17-21-29)31-13-7-22-33-31)30-12-6-11-27(23-30)25-9-4-3-5-10-25/h3-7,9-23H,2,8H2,1H3. The Balaban J connectivity index is 1.57. The van der Waals surface area contributed by atoms with Crippen LogP contribution in [0.5, 0.6) is 0 Å². The van der Waals surface area contributed by atoms with E-state index in [1.54, 1.807) is 11.3 Å². The summed E-state index contributed by atoms with van der Waals surface area (Å²) in [6, 6.07) is 41.6. The minimum Gasteiger partial charge on any atom is -0.310 e. The van der Waals surface area contributed by atoms with Crippen LogP contribution in [0.25, 0.3) is 21.6 Å². The van der Waals surface area contributed by atoms with Gasteiger partial charge in [0, 0.05) is 21.9 Å². The second-order valence-electron chi connectivity index (χ2n) is 8.19. The molecule has 0 atom stereocenters. The van der Waals surface area contributed by atoms with E-state index in [4.69, 9.17) is 0 Å². The third kappa shape index (κ3) is 4.76. The van der Waals surface area contributed by atoms with E-state index >= 15 is 0 Å². The van der Waals surface area contributed by atoms with Crippen molar-refractivity contribution in [2.24, 2.45) is 0 Å². The highest BCUT2D eigenvalue weighted by Crippen LogP contribution is 2.37. The van der Waals surface area contributed by atoms with E-state index in [0.29, 0.717) is 0 Å². The van der Waals surface area contributed by atoms with Crippen LogP contribution < -0.4 is 4.90 Å². The van der Waals surface area contributed by atoms with Crippen molar-refractivity contribution in [2.75, 3.05) is 4.90 Å². The van der Waals surface area contributed by atoms with Crippen molar-refractivity contribution < 1.29 is 0 Å². The van der Waals surface area contributed by atoms with E-state index in [2.05, 4.69) is 132 Å². The summed E-state index contributed by atoms with van der Waals surface area (Å²) in [5.74, 6) is 0. The monoisotopic (exact) mass is 445 g/mol. The molecular weight excluding hydrogens is 418 g/mol. The van der Waals surface area contributed by atoms with Crippen LogP contribution in [0.15, 0.2) is 121 Å². The van der Waals surface area contributed by atoms with Gasteiger partial charge >= 0.3 is 0 Å². The van der Waals surface area contributed by atoms with Gasteiger partial charge in [-0.2, -0.15) is 0 Å². The Bertz CT molecular complexity index is 1290. The first-order valence-electron chi connectivity index (χ1n) is 11.5. The molecule has 0 fully saturated rings. The van der Waals surface area contributed by atoms with Crippen molar-refractivity contribution in [3.63, 3.8) is 0 Å². The summed E-state index contributed by atoms with van der Waals surface area (Å²) in [6.45, 7) is 2.23. The Morgan fingerprint density at radius 3 is 1.94 bits per heavy atom. The van der Waals surface area contributed by atoms with Crippen LogP contribution in [0.4, 0.5) is 17.1 Å². The molecule has 0 saturated heterocycles. The molecule has 33 heavy (non-hydrogen) atoms. The SMILES string of the molecule is CCCc1ccc(N(c2ccc(-c3cccs3)cc2)c2cccc(-c3ccccc3)c2)cc1. The largest absolute Gasteiger partial charge is 0.310 e. The van der Waals surface area contributed by atoms with E-state index in [9.17, 15) is 0 Å². The van der Waals surface area contributed by atoms with Crippen LogP contribution in [-0.4, -0.2) is 0 Å². The summed E-state index contributed by atoms with van der Waals surface area (Å²) >= 11 is 1.78. The van der Waals surface area contributed by atoms with Crippen LogP contribution in [0, 0.1) is 0 Å². The molecule has 162 valence electrons. The molecule has 5 aromatic rings. The second kappa shape index (κ2) is 9.89. The zero-order valence-corrected chi connectivity index (χ0v) is 19.6. The van der Waals surface area contributed by atoms with Gasteiger partial charge in [-0.25, -0.2) is 0 Å². The van der Waals surface area contributed by atoms with Gasteiger partial charge in [0.05, 0.1) is 0 Å². The molecule has 0 spiro atoms. The van der Waals surface area contributed by atoms with Gasteiger partial charge < -0.3 is 4.90 Å². The third-order valence-electron chi connectivity index (χ3n) is 5.88. The molecule has 0 N–H and O–H groups in total. The smallest absolute Gasteiger partial charge is 0.0467 e. The van der Waals surface area contributed by atoms with Gasteiger partial charge in [-0.15, -0.1) is 11.3 Å². The molecule has 2 heteroatoms. The number of hydrogen-bond donors (Lipinski definition) is 0. The number of nitrogens with zero attached hydrogens (tertiary/aromatic N) is 1. The summed E-state index contributed by atoms with van der Waals surface area (Å²) in [7, 11) is 0.